The summed E-state index contributed by atoms with van der Waals surface area (Å²) in [4.78, 5) is 62.8. The first-order valence-corrected chi connectivity index (χ1v) is 22.3. The fourth-order valence-corrected chi connectivity index (χ4v) is 10.8. The Morgan fingerprint density at radius 2 is 1.84 bits per heavy atom. The van der Waals surface area contributed by atoms with Crippen LogP contribution in [0.15, 0.2) is 30.9 Å². The molecule has 0 unspecified atom stereocenters. The van der Waals surface area contributed by atoms with E-state index in [1.165, 1.54) is 11.0 Å². The number of nitrogens with zero attached hydrogens (tertiary/aromatic N) is 2. The van der Waals surface area contributed by atoms with Crippen LogP contribution in [-0.4, -0.2) is 98.0 Å². The zero-order valence-electron chi connectivity index (χ0n) is 33.7. The van der Waals surface area contributed by atoms with Gasteiger partial charge in [0.05, 0.1) is 37.6 Å². The predicted octanol–water partition coefficient (Wildman–Crippen LogP) is 4.48. The van der Waals surface area contributed by atoms with E-state index in [1.807, 2.05) is 13.0 Å². The number of fused-ring (bicyclic) bond motifs is 5. The highest BCUT2D eigenvalue weighted by molar-refractivity contribution is 7.91. The lowest BCUT2D eigenvalue weighted by molar-refractivity contribution is -0.142. The molecule has 1 saturated heterocycles. The molecule has 4 aliphatic carbocycles. The van der Waals surface area contributed by atoms with Crippen LogP contribution in [0.25, 0.3) is 10.9 Å². The molecule has 8 rings (SSSR count). The number of alkyl carbamates (subject to hydrolysis) is 1. The summed E-state index contributed by atoms with van der Waals surface area (Å²) in [6, 6.07) is 3.57. The standard InChI is InChI=1S/C42H55N5O10S/c1-6-25-20-42(25,39(50)46-58(52,53)27-12-13-27)45-37(48)32-15-26-21-47(32)38(49)36(23-10-8-9-11-23)44-40(51)56-22-41(3,4)19-24-14-28(24)29-16-30-31(17-33(29)54-5)43-35(55-7-2)18-34(30)57-26/h6,16-18,23-28,32,36H,1,7-15,19-22H2,2-5H3,(H,44,51)(H,45,48)(H,46,50)/t24-,25+,26+,28+,32-,36-,42+/m0/s1. The summed E-state index contributed by atoms with van der Waals surface area (Å²) in [7, 11) is -2.27. The van der Waals surface area contributed by atoms with Gasteiger partial charge < -0.3 is 34.5 Å². The van der Waals surface area contributed by atoms with Crippen LogP contribution in [0.5, 0.6) is 17.4 Å². The number of cyclic esters (lactones) is 1. The number of aromatic nitrogens is 1. The van der Waals surface area contributed by atoms with E-state index in [2.05, 4.69) is 41.8 Å². The molecule has 4 saturated carbocycles. The maximum atomic E-state index is 14.9. The Morgan fingerprint density at radius 3 is 2.52 bits per heavy atom. The van der Waals surface area contributed by atoms with Crippen molar-refractivity contribution < 1.29 is 46.5 Å². The minimum Gasteiger partial charge on any atom is -0.496 e. The maximum absolute atomic E-state index is 14.9. The van der Waals surface area contributed by atoms with Crippen molar-refractivity contribution in [3.8, 4) is 17.4 Å². The Labute approximate surface area is 339 Å². The number of hydrogen-bond acceptors (Lipinski definition) is 11. The summed E-state index contributed by atoms with van der Waals surface area (Å²) in [5.74, 6) is -0.574. The third-order valence-corrected chi connectivity index (χ3v) is 14.7. The Kier molecular flexibility index (Phi) is 10.5. The highest BCUT2D eigenvalue weighted by Gasteiger charge is 2.62. The molecule has 1 aromatic carbocycles. The number of amides is 4. The monoisotopic (exact) mass is 821 g/mol. The van der Waals surface area contributed by atoms with Gasteiger partial charge in [-0.25, -0.2) is 18.2 Å². The Bertz CT molecular complexity index is 2120. The second-order valence-corrected chi connectivity index (χ2v) is 19.8. The second kappa shape index (κ2) is 15.2. The zero-order chi connectivity index (χ0) is 41.1. The molecule has 4 bridgehead atoms. The highest BCUT2D eigenvalue weighted by atomic mass is 32.2. The van der Waals surface area contributed by atoms with Crippen LogP contribution >= 0.6 is 0 Å². The largest absolute Gasteiger partial charge is 0.496 e. The summed E-state index contributed by atoms with van der Waals surface area (Å²) in [5.41, 5.74) is -0.298. The van der Waals surface area contributed by atoms with Gasteiger partial charge in [-0.15, -0.1) is 6.58 Å². The van der Waals surface area contributed by atoms with Gasteiger partial charge in [-0.2, -0.15) is 0 Å². The molecule has 0 spiro atoms. The smallest absolute Gasteiger partial charge is 0.407 e. The van der Waals surface area contributed by atoms with E-state index in [0.29, 0.717) is 61.1 Å². The van der Waals surface area contributed by atoms with Gasteiger partial charge in [-0.3, -0.25) is 19.1 Å². The number of pyridine rings is 1. The number of benzene rings is 1. The number of methoxy groups -OCH3 is 1. The van der Waals surface area contributed by atoms with E-state index in [9.17, 15) is 27.6 Å². The average molecular weight is 822 g/mol. The quantitative estimate of drug-likeness (QED) is 0.287. The Balaban J connectivity index is 1.17. The minimum absolute atomic E-state index is 0.00840. The first kappa shape index (κ1) is 40.2. The SMILES string of the molecule is C=C[C@@H]1C[C@]1(NC(=O)[C@@H]1C[C@@H]2CN1C(=O)[C@H](C1CCCC1)NC(=O)OCC(C)(C)C[C@@H]1C[C@H]1c1cc3c(cc(OCC)nc3cc1OC)O2)C(=O)NS(=O)(=O)C1CC1. The number of ether oxygens (including phenoxy) is 4. The van der Waals surface area contributed by atoms with Crippen LogP contribution in [0.4, 0.5) is 4.79 Å². The van der Waals surface area contributed by atoms with E-state index in [0.717, 1.165) is 36.6 Å². The molecule has 5 fully saturated rings. The summed E-state index contributed by atoms with van der Waals surface area (Å²) in [6.45, 7) is 10.3. The lowest BCUT2D eigenvalue weighted by Gasteiger charge is -2.32. The molecule has 2 aromatic rings. The topological polar surface area (TPSA) is 192 Å². The number of sulfonamides is 1. The Morgan fingerprint density at radius 1 is 1.09 bits per heavy atom. The van der Waals surface area contributed by atoms with Gasteiger partial charge in [0.15, 0.2) is 0 Å². The van der Waals surface area contributed by atoms with Crippen molar-refractivity contribution in [3.63, 3.8) is 0 Å². The van der Waals surface area contributed by atoms with Crippen LogP contribution in [-0.2, 0) is 29.1 Å². The summed E-state index contributed by atoms with van der Waals surface area (Å²) < 4.78 is 52.2. The van der Waals surface area contributed by atoms with Gasteiger partial charge in [0.1, 0.15) is 35.2 Å². The molecule has 1 aromatic heterocycles. The average Bonchev–Trinajstić information content (AvgIpc) is 4.15. The van der Waals surface area contributed by atoms with E-state index < -0.39 is 68.7 Å². The number of carbonyl (C=O) groups excluding carboxylic acids is 4. The molecule has 6 aliphatic rings. The van der Waals surface area contributed by atoms with Gasteiger partial charge in [-0.1, -0.05) is 32.8 Å². The van der Waals surface area contributed by atoms with Crippen LogP contribution < -0.4 is 29.6 Å². The van der Waals surface area contributed by atoms with Crippen molar-refractivity contribution in [1.82, 2.24) is 25.2 Å². The predicted molar refractivity (Wildman–Crippen MR) is 213 cm³/mol. The van der Waals surface area contributed by atoms with E-state index in [1.54, 1.807) is 13.2 Å². The van der Waals surface area contributed by atoms with Crippen LogP contribution in [0, 0.1) is 23.2 Å². The molecule has 3 N–H and O–H groups in total. The number of hydrogen-bond donors (Lipinski definition) is 3. The lowest BCUT2D eigenvalue weighted by Crippen LogP contribution is -2.59. The molecule has 15 nitrogen and oxygen atoms in total. The Hall–Kier alpha value is -4.60. The zero-order valence-corrected chi connectivity index (χ0v) is 34.5. The van der Waals surface area contributed by atoms with Crippen LogP contribution in [0.2, 0.25) is 0 Å². The molecular formula is C42H55N5O10S. The molecule has 314 valence electrons. The molecular weight excluding hydrogens is 767 g/mol. The molecule has 58 heavy (non-hydrogen) atoms. The molecule has 2 aliphatic heterocycles. The summed E-state index contributed by atoms with van der Waals surface area (Å²) in [5, 5.41) is 5.84. The minimum atomic E-state index is -3.91. The number of nitrogens with one attached hydrogen (secondary N) is 3. The van der Waals surface area contributed by atoms with Crippen LogP contribution in [0.1, 0.15) is 96.5 Å². The third-order valence-electron chi connectivity index (χ3n) is 12.9. The second-order valence-electron chi connectivity index (χ2n) is 17.9. The van der Waals surface area contributed by atoms with E-state index in [4.69, 9.17) is 23.9 Å². The van der Waals surface area contributed by atoms with Gasteiger partial charge in [0.2, 0.25) is 27.7 Å². The van der Waals surface area contributed by atoms with Crippen molar-refractivity contribution in [2.24, 2.45) is 23.2 Å². The molecule has 16 heteroatoms. The highest BCUT2D eigenvalue weighted by Crippen LogP contribution is 2.56. The third kappa shape index (κ3) is 7.92. The summed E-state index contributed by atoms with van der Waals surface area (Å²) >= 11 is 0. The fourth-order valence-electron chi connectivity index (χ4n) is 9.48. The van der Waals surface area contributed by atoms with Crippen molar-refractivity contribution >= 4 is 44.7 Å². The van der Waals surface area contributed by atoms with Crippen molar-refractivity contribution in [1.29, 1.82) is 0 Å². The van der Waals surface area contributed by atoms with E-state index in [-0.39, 0.29) is 43.2 Å². The van der Waals surface area contributed by atoms with Gasteiger partial charge in [0.25, 0.3) is 5.91 Å². The maximum Gasteiger partial charge on any atom is 0.407 e. The van der Waals surface area contributed by atoms with Gasteiger partial charge in [-0.05, 0) is 86.7 Å². The molecule has 3 heterocycles. The van der Waals surface area contributed by atoms with Crippen molar-refractivity contribution in [2.45, 2.75) is 120 Å². The lowest BCUT2D eigenvalue weighted by atomic mass is 9.87. The first-order chi connectivity index (χ1) is 27.6. The summed E-state index contributed by atoms with van der Waals surface area (Å²) in [6.07, 6.45) is 6.19. The van der Waals surface area contributed by atoms with Crippen molar-refractivity contribution in [2.75, 3.05) is 26.9 Å². The van der Waals surface area contributed by atoms with E-state index >= 15 is 0 Å². The number of carbonyl (C=O) groups is 4. The fraction of sp³-hybridized carbons (Fsp3) is 0.643. The van der Waals surface area contributed by atoms with Crippen LogP contribution in [0.3, 0.4) is 0 Å². The molecule has 7 atom stereocenters. The van der Waals surface area contributed by atoms with Gasteiger partial charge >= 0.3 is 6.09 Å². The first-order valence-electron chi connectivity index (χ1n) is 20.7. The normalized spacial score (nSPS) is 30.9. The van der Waals surface area contributed by atoms with Crippen molar-refractivity contribution in [3.05, 3.63) is 36.4 Å². The number of rotatable bonds is 10. The molecule has 4 amide bonds. The molecule has 0 radical (unpaired) electrons. The van der Waals surface area contributed by atoms with Gasteiger partial charge in [0, 0.05) is 29.9 Å².